The molecule has 0 saturated heterocycles. The van der Waals surface area contributed by atoms with Gasteiger partial charge in [0.05, 0.1) is 17.2 Å². The van der Waals surface area contributed by atoms with Gasteiger partial charge in [0, 0.05) is 12.1 Å². The molecule has 0 bridgehead atoms. The molecule has 0 spiro atoms. The fourth-order valence-corrected chi connectivity index (χ4v) is 2.00. The summed E-state index contributed by atoms with van der Waals surface area (Å²) in [5.41, 5.74) is 2.29. The molecule has 0 amide bonds. The maximum atomic E-state index is 6.22. The summed E-state index contributed by atoms with van der Waals surface area (Å²) in [4.78, 5) is 0. The lowest BCUT2D eigenvalue weighted by molar-refractivity contribution is 0.324. The first-order valence-corrected chi connectivity index (χ1v) is 7.46. The normalized spacial score (nSPS) is 11.6. The Kier molecular flexibility index (Phi) is 8.15. The summed E-state index contributed by atoms with van der Waals surface area (Å²) in [6.45, 7) is 3.95. The number of rotatable bonds is 8. The van der Waals surface area contributed by atoms with Gasteiger partial charge >= 0.3 is 0 Å². The average molecular weight is 339 g/mol. The summed E-state index contributed by atoms with van der Waals surface area (Å²) < 4.78 is 10.8. The van der Waals surface area contributed by atoms with Crippen molar-refractivity contribution in [2.75, 3.05) is 20.3 Å². The van der Waals surface area contributed by atoms with Gasteiger partial charge in [-0.25, -0.2) is 0 Å². The van der Waals surface area contributed by atoms with E-state index in [0.717, 1.165) is 25.1 Å². The van der Waals surface area contributed by atoms with Crippen LogP contribution in [-0.2, 0) is 6.54 Å². The van der Waals surface area contributed by atoms with Crippen LogP contribution < -0.4 is 14.8 Å². The van der Waals surface area contributed by atoms with E-state index in [0.29, 0.717) is 21.6 Å². The maximum absolute atomic E-state index is 6.22. The first kappa shape index (κ1) is 17.4. The summed E-state index contributed by atoms with van der Waals surface area (Å²) >= 11 is 17.5. The Labute approximate surface area is 134 Å². The molecule has 0 fully saturated rings. The molecule has 0 saturated carbocycles. The van der Waals surface area contributed by atoms with Crippen molar-refractivity contribution in [3.8, 4) is 11.5 Å². The van der Waals surface area contributed by atoms with Crippen molar-refractivity contribution >= 4 is 34.8 Å². The highest BCUT2D eigenvalue weighted by atomic mass is 35.5. The van der Waals surface area contributed by atoms with Gasteiger partial charge in [0.2, 0.25) is 0 Å². The van der Waals surface area contributed by atoms with E-state index in [-0.39, 0.29) is 6.61 Å². The largest absolute Gasteiger partial charge is 0.493 e. The topological polar surface area (TPSA) is 30.5 Å². The molecule has 6 heteroatoms. The van der Waals surface area contributed by atoms with Gasteiger partial charge in [-0.15, -0.1) is 0 Å². The molecule has 0 radical (unpaired) electrons. The molecular weight excluding hydrogens is 321 g/mol. The fourth-order valence-electron chi connectivity index (χ4n) is 1.60. The Morgan fingerprint density at radius 1 is 1.40 bits per heavy atom. The van der Waals surface area contributed by atoms with E-state index in [1.807, 2.05) is 12.1 Å². The van der Waals surface area contributed by atoms with Crippen molar-refractivity contribution in [3.63, 3.8) is 0 Å². The molecule has 0 atom stereocenters. The second-order valence-corrected chi connectivity index (χ2v) is 5.24. The van der Waals surface area contributed by atoms with Crippen LogP contribution in [0.15, 0.2) is 22.7 Å². The Hall–Kier alpha value is -0.610. The second kappa shape index (κ2) is 9.35. The van der Waals surface area contributed by atoms with Crippen molar-refractivity contribution < 1.29 is 9.47 Å². The average Bonchev–Trinajstić information content (AvgIpc) is 2.45. The molecule has 1 aromatic carbocycles. The van der Waals surface area contributed by atoms with Crippen LogP contribution in [-0.4, -0.2) is 20.3 Å². The highest BCUT2D eigenvalue weighted by Crippen LogP contribution is 2.36. The molecule has 0 unspecified atom stereocenters. The van der Waals surface area contributed by atoms with Crippen LogP contribution >= 0.6 is 34.8 Å². The maximum Gasteiger partial charge on any atom is 0.180 e. The quantitative estimate of drug-likeness (QED) is 0.706. The molecule has 112 valence electrons. The number of hydrogen-bond donors (Lipinski definition) is 1. The number of halogens is 3. The third-order valence-electron chi connectivity index (χ3n) is 2.52. The minimum absolute atomic E-state index is 0.147. The molecule has 1 aromatic rings. The van der Waals surface area contributed by atoms with Crippen molar-refractivity contribution in [1.29, 1.82) is 0 Å². The Balaban J connectivity index is 2.84. The summed E-state index contributed by atoms with van der Waals surface area (Å²) in [6, 6.07) is 3.74. The second-order valence-electron chi connectivity index (χ2n) is 4.13. The first-order valence-electron chi connectivity index (χ1n) is 6.27. The van der Waals surface area contributed by atoms with E-state index < -0.39 is 0 Å². The number of nitrogens with one attached hydrogen (secondary N) is 1. The highest BCUT2D eigenvalue weighted by Gasteiger charge is 2.12. The van der Waals surface area contributed by atoms with E-state index in [2.05, 4.69) is 12.2 Å². The predicted octanol–water partition coefficient (Wildman–Crippen LogP) is 4.55. The first-order chi connectivity index (χ1) is 9.62. The standard InChI is InChI=1S/C14H18Cl3NO2/c1-3-4-18-8-10-5-12(17)14(13(6-10)19-2)20-9-11(16)7-15/h5-7,18H,3-4,8-9H2,1-2H3. The van der Waals surface area contributed by atoms with Crippen molar-refractivity contribution in [3.05, 3.63) is 33.3 Å². The van der Waals surface area contributed by atoms with Gasteiger partial charge in [0.25, 0.3) is 0 Å². The van der Waals surface area contributed by atoms with E-state index in [1.165, 1.54) is 5.54 Å². The van der Waals surface area contributed by atoms with Crippen molar-refractivity contribution in [1.82, 2.24) is 5.32 Å². The van der Waals surface area contributed by atoms with Gasteiger partial charge in [-0.3, -0.25) is 0 Å². The molecule has 0 aliphatic rings. The van der Waals surface area contributed by atoms with Crippen LogP contribution in [0.1, 0.15) is 18.9 Å². The molecule has 0 heterocycles. The summed E-state index contributed by atoms with van der Waals surface area (Å²) in [6.07, 6.45) is 1.08. The summed E-state index contributed by atoms with van der Waals surface area (Å²) in [5, 5.41) is 4.18. The minimum Gasteiger partial charge on any atom is -0.493 e. The molecular formula is C14H18Cl3NO2. The zero-order valence-electron chi connectivity index (χ0n) is 11.5. The SMILES string of the molecule is CCCNCc1cc(Cl)c(OCC(Cl)=CCl)c(OC)c1. The van der Waals surface area contributed by atoms with E-state index >= 15 is 0 Å². The zero-order valence-corrected chi connectivity index (χ0v) is 13.8. The van der Waals surface area contributed by atoms with Gasteiger partial charge in [-0.1, -0.05) is 41.7 Å². The third-order valence-corrected chi connectivity index (χ3v) is 3.39. The monoisotopic (exact) mass is 337 g/mol. The van der Waals surface area contributed by atoms with Gasteiger partial charge in [-0.2, -0.15) is 0 Å². The fraction of sp³-hybridized carbons (Fsp3) is 0.429. The van der Waals surface area contributed by atoms with Gasteiger partial charge < -0.3 is 14.8 Å². The van der Waals surface area contributed by atoms with E-state index in [4.69, 9.17) is 44.3 Å². The molecule has 0 aromatic heterocycles. The smallest absolute Gasteiger partial charge is 0.180 e. The van der Waals surface area contributed by atoms with Gasteiger partial charge in [-0.05, 0) is 30.7 Å². The van der Waals surface area contributed by atoms with Crippen LogP contribution in [0.5, 0.6) is 11.5 Å². The van der Waals surface area contributed by atoms with E-state index in [9.17, 15) is 0 Å². The lowest BCUT2D eigenvalue weighted by atomic mass is 10.2. The predicted molar refractivity (Wildman–Crippen MR) is 85.3 cm³/mol. The summed E-state index contributed by atoms with van der Waals surface area (Å²) in [5.74, 6) is 1.04. The molecule has 0 aliphatic carbocycles. The molecule has 1 N–H and O–H groups in total. The molecule has 3 nitrogen and oxygen atoms in total. The number of methoxy groups -OCH3 is 1. The van der Waals surface area contributed by atoms with Gasteiger partial charge in [0.1, 0.15) is 6.61 Å². The number of hydrogen-bond acceptors (Lipinski definition) is 3. The van der Waals surface area contributed by atoms with Crippen LogP contribution in [0.25, 0.3) is 0 Å². The third kappa shape index (κ3) is 5.41. The number of benzene rings is 1. The lowest BCUT2D eigenvalue weighted by Gasteiger charge is -2.14. The number of ether oxygens (including phenoxy) is 2. The Morgan fingerprint density at radius 3 is 2.75 bits per heavy atom. The molecule has 0 aliphatic heterocycles. The summed E-state index contributed by atoms with van der Waals surface area (Å²) in [7, 11) is 1.57. The van der Waals surface area contributed by atoms with E-state index in [1.54, 1.807) is 7.11 Å². The Bertz CT molecular complexity index is 464. The Morgan fingerprint density at radius 2 is 2.15 bits per heavy atom. The molecule has 1 rings (SSSR count). The van der Waals surface area contributed by atoms with Crippen LogP contribution in [0.3, 0.4) is 0 Å². The highest BCUT2D eigenvalue weighted by molar-refractivity contribution is 6.36. The van der Waals surface area contributed by atoms with Crippen molar-refractivity contribution in [2.45, 2.75) is 19.9 Å². The van der Waals surface area contributed by atoms with Crippen LogP contribution in [0.4, 0.5) is 0 Å². The molecule has 20 heavy (non-hydrogen) atoms. The zero-order chi connectivity index (χ0) is 15.0. The van der Waals surface area contributed by atoms with Crippen molar-refractivity contribution in [2.24, 2.45) is 0 Å². The lowest BCUT2D eigenvalue weighted by Crippen LogP contribution is -2.14. The van der Waals surface area contributed by atoms with Crippen LogP contribution in [0, 0.1) is 0 Å². The minimum atomic E-state index is 0.147. The van der Waals surface area contributed by atoms with Gasteiger partial charge in [0.15, 0.2) is 11.5 Å². The van der Waals surface area contributed by atoms with Crippen LogP contribution in [0.2, 0.25) is 5.02 Å².